The molecule has 0 saturated carbocycles. The Labute approximate surface area is 174 Å². The standard InChI is InChI=1S/C21H25N7S/c1-2-19(21-23-24-25-28(21)15-17-7-5-13-29-17)26-9-11-27(12-10-26)20-14-16-6-3-4-8-18(16)22-20/h3-8,13,19H,2,9-12,14-15H2,1H3. The number of aliphatic imine (C=N–C) groups is 1. The van der Waals surface area contributed by atoms with Crippen LogP contribution in [-0.2, 0) is 13.0 Å². The van der Waals surface area contributed by atoms with Gasteiger partial charge in [0.05, 0.1) is 18.3 Å². The molecular formula is C21H25N7S. The van der Waals surface area contributed by atoms with Crippen molar-refractivity contribution < 1.29 is 0 Å². The number of piperazine rings is 1. The van der Waals surface area contributed by atoms with Crippen LogP contribution in [0.4, 0.5) is 5.69 Å². The minimum atomic E-state index is 0.245. The van der Waals surface area contributed by atoms with Gasteiger partial charge in [0.25, 0.3) is 0 Å². The molecule has 2 aliphatic rings. The van der Waals surface area contributed by atoms with Crippen LogP contribution in [0, 0.1) is 0 Å². The Kier molecular flexibility index (Phi) is 5.12. The predicted octanol–water partition coefficient (Wildman–Crippen LogP) is 3.14. The summed E-state index contributed by atoms with van der Waals surface area (Å²) in [5, 5.41) is 14.7. The molecule has 0 radical (unpaired) electrons. The van der Waals surface area contributed by atoms with Crippen molar-refractivity contribution in [1.29, 1.82) is 0 Å². The van der Waals surface area contributed by atoms with Crippen LogP contribution < -0.4 is 0 Å². The first-order chi connectivity index (χ1) is 14.3. The van der Waals surface area contributed by atoms with Crippen molar-refractivity contribution in [2.45, 2.75) is 32.4 Å². The van der Waals surface area contributed by atoms with Crippen LogP contribution in [0.1, 0.15) is 35.7 Å². The SMILES string of the molecule is CCC(c1nnnn1Cc1cccs1)N1CCN(C2=Nc3ccccc3C2)CC1. The van der Waals surface area contributed by atoms with Crippen molar-refractivity contribution in [1.82, 2.24) is 30.0 Å². The number of amidine groups is 1. The van der Waals surface area contributed by atoms with Gasteiger partial charge in [0.15, 0.2) is 5.82 Å². The largest absolute Gasteiger partial charge is 0.357 e. The maximum Gasteiger partial charge on any atom is 0.168 e. The monoisotopic (exact) mass is 407 g/mol. The topological polar surface area (TPSA) is 62.4 Å². The first-order valence-electron chi connectivity index (χ1n) is 10.2. The van der Waals surface area contributed by atoms with Gasteiger partial charge in [-0.1, -0.05) is 31.2 Å². The molecule has 1 unspecified atom stereocenters. The van der Waals surface area contributed by atoms with Gasteiger partial charge in [-0.25, -0.2) is 9.67 Å². The van der Waals surface area contributed by atoms with Gasteiger partial charge in [-0.15, -0.1) is 16.4 Å². The normalized spacial score (nSPS) is 18.0. The third-order valence-corrected chi connectivity index (χ3v) is 6.70. The fourth-order valence-corrected chi connectivity index (χ4v) is 5.00. The lowest BCUT2D eigenvalue weighted by Crippen LogP contribution is -2.50. The summed E-state index contributed by atoms with van der Waals surface area (Å²) in [6.45, 7) is 6.95. The zero-order chi connectivity index (χ0) is 19.6. The summed E-state index contributed by atoms with van der Waals surface area (Å²) in [4.78, 5) is 11.1. The fourth-order valence-electron chi connectivity index (χ4n) is 4.31. The molecule has 1 aromatic carbocycles. The highest BCUT2D eigenvalue weighted by molar-refractivity contribution is 7.09. The van der Waals surface area contributed by atoms with Crippen LogP contribution in [0.25, 0.3) is 0 Å². The lowest BCUT2D eigenvalue weighted by Gasteiger charge is -2.39. The summed E-state index contributed by atoms with van der Waals surface area (Å²) in [6, 6.07) is 12.9. The van der Waals surface area contributed by atoms with E-state index in [1.54, 1.807) is 11.3 Å². The van der Waals surface area contributed by atoms with E-state index in [9.17, 15) is 0 Å². The second kappa shape index (κ2) is 8.04. The molecule has 0 spiro atoms. The van der Waals surface area contributed by atoms with Crippen molar-refractivity contribution >= 4 is 22.9 Å². The van der Waals surface area contributed by atoms with Crippen LogP contribution in [0.15, 0.2) is 46.8 Å². The summed E-state index contributed by atoms with van der Waals surface area (Å²) in [6.07, 6.45) is 1.95. The van der Waals surface area contributed by atoms with E-state index in [0.717, 1.165) is 57.1 Å². The first kappa shape index (κ1) is 18.4. The van der Waals surface area contributed by atoms with Crippen molar-refractivity contribution in [2.24, 2.45) is 4.99 Å². The molecule has 0 bridgehead atoms. The Hall–Kier alpha value is -2.58. The van der Waals surface area contributed by atoms with Gasteiger partial charge in [-0.2, -0.15) is 0 Å². The molecule has 3 aromatic rings. The molecule has 5 rings (SSSR count). The minimum Gasteiger partial charge on any atom is -0.357 e. The lowest BCUT2D eigenvalue weighted by atomic mass is 10.1. The smallest absolute Gasteiger partial charge is 0.168 e. The Morgan fingerprint density at radius 1 is 1.07 bits per heavy atom. The number of para-hydroxylation sites is 1. The molecule has 4 heterocycles. The molecule has 150 valence electrons. The molecule has 0 aliphatic carbocycles. The third-order valence-electron chi connectivity index (χ3n) is 5.84. The number of thiophene rings is 1. The zero-order valence-electron chi connectivity index (χ0n) is 16.6. The number of hydrogen-bond acceptors (Lipinski definition) is 7. The van der Waals surface area contributed by atoms with Crippen molar-refractivity contribution in [2.75, 3.05) is 26.2 Å². The van der Waals surface area contributed by atoms with E-state index < -0.39 is 0 Å². The van der Waals surface area contributed by atoms with E-state index in [1.165, 1.54) is 16.3 Å². The Balaban J connectivity index is 1.25. The number of aromatic nitrogens is 4. The van der Waals surface area contributed by atoms with E-state index in [0.29, 0.717) is 0 Å². The van der Waals surface area contributed by atoms with Gasteiger partial charge < -0.3 is 4.90 Å². The number of hydrogen-bond donors (Lipinski definition) is 0. The highest BCUT2D eigenvalue weighted by Gasteiger charge is 2.30. The van der Waals surface area contributed by atoms with Gasteiger partial charge in [0, 0.05) is 37.5 Å². The summed E-state index contributed by atoms with van der Waals surface area (Å²) in [5.41, 5.74) is 2.47. The minimum absolute atomic E-state index is 0.245. The summed E-state index contributed by atoms with van der Waals surface area (Å²) >= 11 is 1.74. The van der Waals surface area contributed by atoms with Crippen LogP contribution in [0.2, 0.25) is 0 Å². The number of benzene rings is 1. The van der Waals surface area contributed by atoms with Crippen LogP contribution in [0.3, 0.4) is 0 Å². The van der Waals surface area contributed by atoms with Crippen LogP contribution in [-0.4, -0.2) is 62.0 Å². The van der Waals surface area contributed by atoms with E-state index in [2.05, 4.69) is 74.0 Å². The quantitative estimate of drug-likeness (QED) is 0.650. The molecule has 29 heavy (non-hydrogen) atoms. The number of fused-ring (bicyclic) bond motifs is 1. The molecular weight excluding hydrogens is 382 g/mol. The molecule has 2 aromatic heterocycles. The summed E-state index contributed by atoms with van der Waals surface area (Å²) < 4.78 is 1.96. The fraction of sp³-hybridized carbons (Fsp3) is 0.429. The first-order valence-corrected chi connectivity index (χ1v) is 11.1. The molecule has 1 fully saturated rings. The number of nitrogens with zero attached hydrogens (tertiary/aromatic N) is 7. The maximum absolute atomic E-state index is 4.86. The average molecular weight is 408 g/mol. The van der Waals surface area contributed by atoms with Gasteiger partial charge in [0.2, 0.25) is 0 Å². The third kappa shape index (κ3) is 3.70. The van der Waals surface area contributed by atoms with Gasteiger partial charge in [-0.3, -0.25) is 4.90 Å². The van der Waals surface area contributed by atoms with Crippen molar-refractivity contribution in [3.8, 4) is 0 Å². The molecule has 0 N–H and O–H groups in total. The second-order valence-corrected chi connectivity index (χ2v) is 8.59. The lowest BCUT2D eigenvalue weighted by molar-refractivity contribution is 0.120. The zero-order valence-corrected chi connectivity index (χ0v) is 17.4. The van der Waals surface area contributed by atoms with Gasteiger partial charge >= 0.3 is 0 Å². The molecule has 1 atom stereocenters. The Morgan fingerprint density at radius 3 is 2.69 bits per heavy atom. The van der Waals surface area contributed by atoms with Crippen molar-refractivity contribution in [3.63, 3.8) is 0 Å². The second-order valence-electron chi connectivity index (χ2n) is 7.55. The predicted molar refractivity (Wildman–Crippen MR) is 115 cm³/mol. The molecule has 1 saturated heterocycles. The molecule has 2 aliphatic heterocycles. The summed E-state index contributed by atoms with van der Waals surface area (Å²) in [5.74, 6) is 2.18. The van der Waals surface area contributed by atoms with E-state index in [-0.39, 0.29) is 6.04 Å². The van der Waals surface area contributed by atoms with Crippen LogP contribution in [0.5, 0.6) is 0 Å². The summed E-state index contributed by atoms with van der Waals surface area (Å²) in [7, 11) is 0. The van der Waals surface area contributed by atoms with Crippen molar-refractivity contribution in [3.05, 3.63) is 58.0 Å². The van der Waals surface area contributed by atoms with E-state index in [1.807, 2.05) is 4.68 Å². The number of tetrazole rings is 1. The maximum atomic E-state index is 4.86. The number of rotatable bonds is 5. The van der Waals surface area contributed by atoms with Crippen LogP contribution >= 0.6 is 11.3 Å². The van der Waals surface area contributed by atoms with E-state index >= 15 is 0 Å². The molecule has 7 nitrogen and oxygen atoms in total. The molecule has 8 heteroatoms. The Bertz CT molecular complexity index is 986. The molecule has 0 amide bonds. The van der Waals surface area contributed by atoms with Gasteiger partial charge in [-0.05, 0) is 39.9 Å². The highest BCUT2D eigenvalue weighted by Crippen LogP contribution is 2.29. The Morgan fingerprint density at radius 2 is 1.93 bits per heavy atom. The average Bonchev–Trinajstić information content (AvgIpc) is 3.51. The highest BCUT2D eigenvalue weighted by atomic mass is 32.1. The van der Waals surface area contributed by atoms with Gasteiger partial charge in [0.1, 0.15) is 5.84 Å². The van der Waals surface area contributed by atoms with E-state index in [4.69, 9.17) is 4.99 Å².